The van der Waals surface area contributed by atoms with E-state index >= 15 is 0 Å². The summed E-state index contributed by atoms with van der Waals surface area (Å²) in [5, 5.41) is 1.06. The fourth-order valence-electron chi connectivity index (χ4n) is 1.92. The van der Waals surface area contributed by atoms with Crippen molar-refractivity contribution in [3.63, 3.8) is 0 Å². The van der Waals surface area contributed by atoms with E-state index in [9.17, 15) is 0 Å². The molecule has 1 aromatic carbocycles. The van der Waals surface area contributed by atoms with Crippen molar-refractivity contribution >= 4 is 11.8 Å². The number of thioether (sulfide) groups is 1. The number of nitrogens with zero attached hydrogens (tertiary/aromatic N) is 3. The van der Waals surface area contributed by atoms with Crippen LogP contribution < -0.4 is 0 Å². The van der Waals surface area contributed by atoms with E-state index in [0.717, 1.165) is 10.9 Å². The molecule has 1 aromatic heterocycles. The first kappa shape index (κ1) is 15.1. The van der Waals surface area contributed by atoms with Gasteiger partial charge in [-0.2, -0.15) is 0 Å². The first-order chi connectivity index (χ1) is 9.50. The van der Waals surface area contributed by atoms with Crippen molar-refractivity contribution in [2.75, 3.05) is 19.8 Å². The third kappa shape index (κ3) is 3.25. The second-order valence-corrected chi connectivity index (χ2v) is 6.41. The second-order valence-electron chi connectivity index (χ2n) is 5.42. The van der Waals surface area contributed by atoms with Crippen molar-refractivity contribution in [2.24, 2.45) is 0 Å². The molecule has 1 atom stereocenters. The zero-order chi connectivity index (χ0) is 14.7. The van der Waals surface area contributed by atoms with Crippen molar-refractivity contribution in [1.82, 2.24) is 14.5 Å². The molecule has 0 radical (unpaired) electrons. The Bertz CT molecular complexity index is 575. The molecule has 3 nitrogen and oxygen atoms in total. The van der Waals surface area contributed by atoms with E-state index in [1.807, 2.05) is 24.2 Å². The van der Waals surface area contributed by atoms with Crippen molar-refractivity contribution in [3.8, 4) is 5.69 Å². The Hall–Kier alpha value is -1.26. The Morgan fingerprint density at radius 2 is 2.05 bits per heavy atom. The smallest absolute Gasteiger partial charge is 0.172 e. The lowest BCUT2D eigenvalue weighted by atomic mass is 10.1. The SMILES string of the molecule is Cc1cccc(-n2ccnc2SC[C@H](C)N(C)C)c1C. The molecule has 20 heavy (non-hydrogen) atoms. The van der Waals surface area contributed by atoms with Crippen LogP contribution in [0.25, 0.3) is 5.69 Å². The standard InChI is InChI=1S/C16H23N3S/c1-12-7-6-8-15(14(12)3)19-10-9-17-16(19)20-11-13(2)18(4)5/h6-10,13H,11H2,1-5H3/t13-/m0/s1. The molecule has 108 valence electrons. The molecule has 0 unspecified atom stereocenters. The van der Waals surface area contributed by atoms with E-state index in [1.54, 1.807) is 0 Å². The summed E-state index contributed by atoms with van der Waals surface area (Å²) >= 11 is 1.81. The molecule has 2 rings (SSSR count). The highest BCUT2D eigenvalue weighted by atomic mass is 32.2. The quantitative estimate of drug-likeness (QED) is 0.786. The molecule has 0 bridgehead atoms. The van der Waals surface area contributed by atoms with Gasteiger partial charge in [-0.1, -0.05) is 23.9 Å². The van der Waals surface area contributed by atoms with Crippen LogP contribution in [0.3, 0.4) is 0 Å². The molecule has 0 aliphatic rings. The highest BCUT2D eigenvalue weighted by molar-refractivity contribution is 7.99. The summed E-state index contributed by atoms with van der Waals surface area (Å²) < 4.78 is 2.19. The van der Waals surface area contributed by atoms with Gasteiger partial charge in [0.1, 0.15) is 0 Å². The lowest BCUT2D eigenvalue weighted by Gasteiger charge is -2.19. The van der Waals surface area contributed by atoms with Gasteiger partial charge in [-0.25, -0.2) is 4.98 Å². The number of aromatic nitrogens is 2. The minimum atomic E-state index is 0.531. The number of aryl methyl sites for hydroxylation is 1. The molecule has 0 saturated carbocycles. The van der Waals surface area contributed by atoms with Gasteiger partial charge in [-0.15, -0.1) is 0 Å². The molecule has 0 fully saturated rings. The van der Waals surface area contributed by atoms with Crippen LogP contribution in [0.4, 0.5) is 0 Å². The Kier molecular flexibility index (Phi) is 4.89. The van der Waals surface area contributed by atoms with Crippen molar-refractivity contribution in [3.05, 3.63) is 41.7 Å². The fourth-order valence-corrected chi connectivity index (χ4v) is 3.04. The highest BCUT2D eigenvalue weighted by Crippen LogP contribution is 2.24. The summed E-state index contributed by atoms with van der Waals surface area (Å²) in [7, 11) is 4.23. The van der Waals surface area contributed by atoms with Crippen LogP contribution in [0.15, 0.2) is 35.7 Å². The molecule has 4 heteroatoms. The maximum Gasteiger partial charge on any atom is 0.172 e. The van der Waals surface area contributed by atoms with Gasteiger partial charge >= 0.3 is 0 Å². The van der Waals surface area contributed by atoms with Crippen molar-refractivity contribution in [1.29, 1.82) is 0 Å². The van der Waals surface area contributed by atoms with E-state index in [1.165, 1.54) is 16.8 Å². The largest absolute Gasteiger partial charge is 0.306 e. The normalized spacial score (nSPS) is 12.9. The van der Waals surface area contributed by atoms with Crippen LogP contribution >= 0.6 is 11.8 Å². The Balaban J connectivity index is 2.22. The van der Waals surface area contributed by atoms with Gasteiger partial charge < -0.3 is 4.90 Å². The van der Waals surface area contributed by atoms with Crippen LogP contribution in [0.1, 0.15) is 18.1 Å². The average molecular weight is 289 g/mol. The van der Waals surface area contributed by atoms with Gasteiger partial charge in [0.15, 0.2) is 5.16 Å². The predicted molar refractivity (Wildman–Crippen MR) is 86.9 cm³/mol. The van der Waals surface area contributed by atoms with Gasteiger partial charge in [0, 0.05) is 24.2 Å². The third-order valence-corrected chi connectivity index (χ3v) is 4.99. The van der Waals surface area contributed by atoms with E-state index in [4.69, 9.17) is 0 Å². The van der Waals surface area contributed by atoms with E-state index < -0.39 is 0 Å². The topological polar surface area (TPSA) is 21.1 Å². The molecule has 0 aliphatic heterocycles. The molecule has 0 spiro atoms. The van der Waals surface area contributed by atoms with Crippen LogP contribution in [0.5, 0.6) is 0 Å². The van der Waals surface area contributed by atoms with Gasteiger partial charge in [0.2, 0.25) is 0 Å². The molecule has 1 heterocycles. The maximum atomic E-state index is 4.50. The lowest BCUT2D eigenvalue weighted by Crippen LogP contribution is -2.26. The second kappa shape index (κ2) is 6.46. The number of rotatable bonds is 5. The van der Waals surface area contributed by atoms with E-state index in [2.05, 4.69) is 67.5 Å². The van der Waals surface area contributed by atoms with Crippen LogP contribution in [0.2, 0.25) is 0 Å². The minimum absolute atomic E-state index is 0.531. The lowest BCUT2D eigenvalue weighted by molar-refractivity contribution is 0.340. The summed E-state index contributed by atoms with van der Waals surface area (Å²) in [6.07, 6.45) is 3.93. The Labute approximate surface area is 126 Å². The van der Waals surface area contributed by atoms with Gasteiger partial charge in [0.05, 0.1) is 5.69 Å². The van der Waals surface area contributed by atoms with Crippen molar-refractivity contribution in [2.45, 2.75) is 32.0 Å². The summed E-state index contributed by atoms with van der Waals surface area (Å²) in [4.78, 5) is 6.74. The minimum Gasteiger partial charge on any atom is -0.306 e. The first-order valence-corrected chi connectivity index (χ1v) is 7.88. The highest BCUT2D eigenvalue weighted by Gasteiger charge is 2.11. The monoisotopic (exact) mass is 289 g/mol. The van der Waals surface area contributed by atoms with Crippen molar-refractivity contribution < 1.29 is 0 Å². The van der Waals surface area contributed by atoms with Crippen LogP contribution in [-0.2, 0) is 0 Å². The average Bonchev–Trinajstić information content (AvgIpc) is 2.87. The van der Waals surface area contributed by atoms with Gasteiger partial charge in [-0.3, -0.25) is 4.57 Å². The third-order valence-electron chi connectivity index (χ3n) is 3.78. The first-order valence-electron chi connectivity index (χ1n) is 6.90. The number of imidazole rings is 1. The maximum absolute atomic E-state index is 4.50. The Morgan fingerprint density at radius 3 is 2.75 bits per heavy atom. The summed E-state index contributed by atoms with van der Waals surface area (Å²) in [6.45, 7) is 6.55. The molecule has 0 amide bonds. The summed E-state index contributed by atoms with van der Waals surface area (Å²) in [5.74, 6) is 1.04. The molecule has 2 aromatic rings. The Morgan fingerprint density at radius 1 is 1.30 bits per heavy atom. The van der Waals surface area contributed by atoms with E-state index in [0.29, 0.717) is 6.04 Å². The number of benzene rings is 1. The molecular weight excluding hydrogens is 266 g/mol. The summed E-state index contributed by atoms with van der Waals surface area (Å²) in [6, 6.07) is 6.94. The zero-order valence-electron chi connectivity index (χ0n) is 12.9. The van der Waals surface area contributed by atoms with E-state index in [-0.39, 0.29) is 0 Å². The summed E-state index contributed by atoms with van der Waals surface area (Å²) in [5.41, 5.74) is 3.85. The molecule has 0 N–H and O–H groups in total. The molecular formula is C16H23N3S. The number of hydrogen-bond donors (Lipinski definition) is 0. The van der Waals surface area contributed by atoms with Crippen LogP contribution in [-0.4, -0.2) is 40.3 Å². The fraction of sp³-hybridized carbons (Fsp3) is 0.438. The number of hydrogen-bond acceptors (Lipinski definition) is 3. The molecule has 0 aliphatic carbocycles. The van der Waals surface area contributed by atoms with Gasteiger partial charge in [0.25, 0.3) is 0 Å². The van der Waals surface area contributed by atoms with Crippen LogP contribution in [0, 0.1) is 13.8 Å². The predicted octanol–water partition coefficient (Wildman–Crippen LogP) is 3.53. The molecule has 0 saturated heterocycles. The zero-order valence-corrected chi connectivity index (χ0v) is 13.7. The van der Waals surface area contributed by atoms with Gasteiger partial charge in [-0.05, 0) is 52.1 Å².